The number of rotatable bonds is 3. The van der Waals surface area contributed by atoms with Crippen LogP contribution in [0.3, 0.4) is 0 Å². The van der Waals surface area contributed by atoms with Gasteiger partial charge in [-0.2, -0.15) is 0 Å². The number of carboxylic acids is 2. The number of benzene rings is 1. The van der Waals surface area contributed by atoms with Gasteiger partial charge in [0.1, 0.15) is 0 Å². The Labute approximate surface area is 101 Å². The van der Waals surface area contributed by atoms with Gasteiger partial charge in [-0.3, -0.25) is 0 Å². The summed E-state index contributed by atoms with van der Waals surface area (Å²) in [6.45, 7) is 1.79. The number of aryl methyl sites for hydroxylation is 1. The van der Waals surface area contributed by atoms with Crippen molar-refractivity contribution in [1.82, 2.24) is 0 Å². The zero-order chi connectivity index (χ0) is 10.7. The summed E-state index contributed by atoms with van der Waals surface area (Å²) in [4.78, 5) is 21.6. The summed E-state index contributed by atoms with van der Waals surface area (Å²) in [5, 5.41) is 17.6. The van der Waals surface area contributed by atoms with Crippen molar-refractivity contribution in [3.63, 3.8) is 0 Å². The molecule has 0 aliphatic heterocycles. The fraction of sp³-hybridized carbons (Fsp3) is 0.200. The van der Waals surface area contributed by atoms with Crippen LogP contribution in [0.1, 0.15) is 34.6 Å². The summed E-state index contributed by atoms with van der Waals surface area (Å²) < 4.78 is 0. The fourth-order valence-electron chi connectivity index (χ4n) is 1.33. The molecule has 0 atom stereocenters. The molecule has 76 valence electrons. The molecule has 0 spiro atoms. The number of carbonyl (C=O) groups is 2. The van der Waals surface area contributed by atoms with Crippen molar-refractivity contribution in [3.8, 4) is 0 Å². The maximum absolute atomic E-state index is 10.8. The summed E-state index contributed by atoms with van der Waals surface area (Å²) in [6.07, 6.45) is 0.503. The molecule has 1 aromatic carbocycles. The Hall–Kier alpha value is -1.24. The predicted octanol–water partition coefficient (Wildman–Crippen LogP) is -1.24. The van der Waals surface area contributed by atoms with E-state index in [1.165, 1.54) is 6.07 Å². The second-order valence-corrected chi connectivity index (χ2v) is 2.80. The molecule has 0 heterocycles. The van der Waals surface area contributed by atoms with Gasteiger partial charge in [-0.05, 0) is 18.1 Å². The zero-order valence-electron chi connectivity index (χ0n) is 9.65. The van der Waals surface area contributed by atoms with E-state index in [1.54, 1.807) is 19.1 Å². The second kappa shape index (κ2) is 5.59. The van der Waals surface area contributed by atoms with Crippen LogP contribution in [-0.4, -0.2) is 22.2 Å². The minimum absolute atomic E-state index is 0. The van der Waals surface area contributed by atoms with E-state index in [2.05, 4.69) is 0 Å². The molecule has 0 radical (unpaired) electrons. The van der Waals surface area contributed by atoms with Crippen LogP contribution in [0.2, 0.25) is 0 Å². The van der Waals surface area contributed by atoms with Gasteiger partial charge in [-0.1, -0.05) is 19.1 Å². The molecule has 4 nitrogen and oxygen atoms in total. The molecule has 0 saturated heterocycles. The Bertz CT molecular complexity index is 392. The number of hydrogen-bond acceptors (Lipinski definition) is 2. The average molecular weight is 202 g/mol. The smallest absolute Gasteiger partial charge is 1.00 e. The van der Waals surface area contributed by atoms with Gasteiger partial charge in [0, 0.05) is 0 Å². The Morgan fingerprint density at radius 2 is 1.87 bits per heavy atom. The third kappa shape index (κ3) is 2.85. The van der Waals surface area contributed by atoms with Crippen LogP contribution < -0.4 is 18.9 Å². The number of aromatic carboxylic acids is 2. The van der Waals surface area contributed by atoms with E-state index >= 15 is 0 Å². The first-order valence-corrected chi connectivity index (χ1v) is 4.16. The van der Waals surface area contributed by atoms with Gasteiger partial charge < -0.3 is 11.6 Å². The minimum atomic E-state index is -1.21. The van der Waals surface area contributed by atoms with Crippen molar-refractivity contribution in [2.24, 2.45) is 0 Å². The van der Waals surface area contributed by atoms with E-state index < -0.39 is 11.9 Å². The fourth-order valence-corrected chi connectivity index (χ4v) is 1.33. The Morgan fingerprint density at radius 1 is 1.27 bits per heavy atom. The van der Waals surface area contributed by atoms with Crippen molar-refractivity contribution >= 4 is 11.9 Å². The van der Waals surface area contributed by atoms with E-state index in [0.29, 0.717) is 12.0 Å². The quantitative estimate of drug-likeness (QED) is 0.601. The van der Waals surface area contributed by atoms with E-state index in [9.17, 15) is 9.59 Å². The van der Waals surface area contributed by atoms with Crippen LogP contribution in [0.15, 0.2) is 18.2 Å². The van der Waals surface area contributed by atoms with E-state index in [1.807, 2.05) is 0 Å². The molecule has 0 fully saturated rings. The maximum Gasteiger partial charge on any atom is 1.00 e. The van der Waals surface area contributed by atoms with Crippen molar-refractivity contribution in [2.75, 3.05) is 0 Å². The van der Waals surface area contributed by atoms with Gasteiger partial charge >= 0.3 is 30.8 Å². The van der Waals surface area contributed by atoms with Gasteiger partial charge in [0.15, 0.2) is 0 Å². The molecular formula is C10H11LiO4. The molecule has 1 aromatic rings. The van der Waals surface area contributed by atoms with Gasteiger partial charge in [0.2, 0.25) is 0 Å². The van der Waals surface area contributed by atoms with Crippen LogP contribution in [0.5, 0.6) is 0 Å². The first-order chi connectivity index (χ1) is 6.57. The Morgan fingerprint density at radius 3 is 2.27 bits per heavy atom. The SMILES string of the molecule is CCc1cccc(C(=O)O)c1C(=O)O.[H-].[Li+]. The van der Waals surface area contributed by atoms with Gasteiger partial charge in [-0.15, -0.1) is 0 Å². The predicted molar refractivity (Wildman–Crippen MR) is 50.9 cm³/mol. The van der Waals surface area contributed by atoms with Crippen LogP contribution in [0.25, 0.3) is 0 Å². The monoisotopic (exact) mass is 202 g/mol. The molecule has 0 saturated carbocycles. The largest absolute Gasteiger partial charge is 1.00 e. The van der Waals surface area contributed by atoms with Gasteiger partial charge in [0.25, 0.3) is 0 Å². The average Bonchev–Trinajstić information content (AvgIpc) is 2.16. The van der Waals surface area contributed by atoms with E-state index in [-0.39, 0.29) is 31.4 Å². The molecule has 0 unspecified atom stereocenters. The Kier molecular flexibility index (Phi) is 5.13. The second-order valence-electron chi connectivity index (χ2n) is 2.80. The van der Waals surface area contributed by atoms with Crippen molar-refractivity contribution in [2.45, 2.75) is 13.3 Å². The normalized spacial score (nSPS) is 9.13. The summed E-state index contributed by atoms with van der Waals surface area (Å²) in [6, 6.07) is 4.47. The van der Waals surface area contributed by atoms with Crippen LogP contribution in [0.4, 0.5) is 0 Å². The third-order valence-corrected chi connectivity index (χ3v) is 1.98. The molecule has 0 bridgehead atoms. The zero-order valence-corrected chi connectivity index (χ0v) is 8.65. The summed E-state index contributed by atoms with van der Waals surface area (Å²) >= 11 is 0. The molecule has 0 amide bonds. The van der Waals surface area contributed by atoms with E-state index in [4.69, 9.17) is 10.2 Å². The molecule has 0 aliphatic carbocycles. The van der Waals surface area contributed by atoms with Gasteiger partial charge in [0.05, 0.1) is 11.1 Å². The summed E-state index contributed by atoms with van der Waals surface area (Å²) in [5.74, 6) is -2.41. The number of hydrogen-bond donors (Lipinski definition) is 2. The standard InChI is InChI=1S/C10H10O4.Li.H/c1-2-6-4-3-5-7(9(11)12)8(6)10(13)14;;/h3-5H,2H2,1H3,(H,11,12)(H,13,14);;/q;+1;-1. The molecule has 5 heteroatoms. The molecule has 0 aliphatic rings. The van der Waals surface area contributed by atoms with Crippen LogP contribution >= 0.6 is 0 Å². The van der Waals surface area contributed by atoms with Crippen molar-refractivity contribution in [1.29, 1.82) is 0 Å². The molecule has 0 aromatic heterocycles. The Balaban J connectivity index is 0. The first-order valence-electron chi connectivity index (χ1n) is 4.16. The summed E-state index contributed by atoms with van der Waals surface area (Å²) in [7, 11) is 0. The molecule has 15 heavy (non-hydrogen) atoms. The molecule has 2 N–H and O–H groups in total. The maximum atomic E-state index is 10.8. The summed E-state index contributed by atoms with van der Waals surface area (Å²) in [5.41, 5.74) is 0.275. The number of carboxylic acid groups (broad SMARTS) is 2. The topological polar surface area (TPSA) is 74.6 Å². The van der Waals surface area contributed by atoms with Crippen molar-refractivity contribution < 1.29 is 40.1 Å². The molecule has 1 rings (SSSR count). The van der Waals surface area contributed by atoms with E-state index in [0.717, 1.165) is 0 Å². The first kappa shape index (κ1) is 13.8. The van der Waals surface area contributed by atoms with Crippen LogP contribution in [-0.2, 0) is 6.42 Å². The van der Waals surface area contributed by atoms with Crippen molar-refractivity contribution in [3.05, 3.63) is 34.9 Å². The molecular weight excluding hydrogens is 191 g/mol. The van der Waals surface area contributed by atoms with Crippen LogP contribution in [0, 0.1) is 0 Å². The third-order valence-electron chi connectivity index (χ3n) is 1.98. The van der Waals surface area contributed by atoms with Gasteiger partial charge in [-0.25, -0.2) is 9.59 Å². The minimum Gasteiger partial charge on any atom is -1.00 e.